The van der Waals surface area contributed by atoms with Crippen molar-refractivity contribution in [3.05, 3.63) is 82.4 Å². The number of methoxy groups -OCH3 is 1. The number of nitrogens with two attached hydrogens (primary N) is 1. The summed E-state index contributed by atoms with van der Waals surface area (Å²) in [5.41, 5.74) is 7.01. The molecular weight excluding hydrogens is 406 g/mol. The average molecular weight is 427 g/mol. The molecule has 7 heteroatoms. The molecule has 2 heterocycles. The Kier molecular flexibility index (Phi) is 4.34. The maximum Gasteiger partial charge on any atom is 0.247 e. The predicted molar refractivity (Wildman–Crippen MR) is 116 cm³/mol. The number of ether oxygens (including phenoxy) is 2. The Morgan fingerprint density at radius 2 is 1.88 bits per heavy atom. The Balaban J connectivity index is 1.69. The van der Waals surface area contributed by atoms with Gasteiger partial charge in [0.15, 0.2) is 5.78 Å². The maximum atomic E-state index is 13.7. The molecule has 0 bridgehead atoms. The number of Topliss-reactive ketones (excluding diaryl/α,β-unsaturated/α-hetero) is 1. The molecule has 0 saturated heterocycles. The molecule has 1 spiro atoms. The molecule has 7 nitrogen and oxygen atoms in total. The second-order valence-corrected chi connectivity index (χ2v) is 8.18. The Bertz CT molecular complexity index is 1270. The van der Waals surface area contributed by atoms with Crippen molar-refractivity contribution in [2.24, 2.45) is 5.73 Å². The Morgan fingerprint density at radius 1 is 1.16 bits per heavy atom. The number of anilines is 1. The van der Waals surface area contributed by atoms with Gasteiger partial charge in [0.05, 0.1) is 12.7 Å². The molecule has 5 rings (SSSR count). The van der Waals surface area contributed by atoms with Gasteiger partial charge in [-0.15, -0.1) is 0 Å². The van der Waals surface area contributed by atoms with Gasteiger partial charge >= 0.3 is 0 Å². The monoisotopic (exact) mass is 427 g/mol. The number of carbonyl (C=O) groups excluding carboxylic acids is 2. The van der Waals surface area contributed by atoms with E-state index in [1.54, 1.807) is 32.4 Å². The van der Waals surface area contributed by atoms with Crippen molar-refractivity contribution in [2.45, 2.75) is 24.2 Å². The first-order valence-electron chi connectivity index (χ1n) is 10.3. The summed E-state index contributed by atoms with van der Waals surface area (Å²) in [4.78, 5) is 28.8. The number of benzene rings is 2. The van der Waals surface area contributed by atoms with Crippen molar-refractivity contribution in [1.82, 2.24) is 0 Å². The molecule has 0 aromatic heterocycles. The van der Waals surface area contributed by atoms with Crippen LogP contribution in [-0.4, -0.2) is 25.8 Å². The van der Waals surface area contributed by atoms with Crippen LogP contribution in [0.5, 0.6) is 5.75 Å². The molecule has 3 aliphatic rings. The summed E-state index contributed by atoms with van der Waals surface area (Å²) < 4.78 is 11.1. The van der Waals surface area contributed by atoms with Crippen molar-refractivity contribution in [2.75, 3.05) is 19.1 Å². The lowest BCUT2D eigenvalue weighted by Gasteiger charge is -2.39. The molecule has 2 atom stereocenters. The van der Waals surface area contributed by atoms with Gasteiger partial charge in [-0.1, -0.05) is 30.3 Å². The van der Waals surface area contributed by atoms with Gasteiger partial charge in [0.1, 0.15) is 28.6 Å². The molecule has 0 unspecified atom stereocenters. The Labute approximate surface area is 185 Å². The van der Waals surface area contributed by atoms with Crippen LogP contribution in [0.3, 0.4) is 0 Å². The Morgan fingerprint density at radius 3 is 2.56 bits per heavy atom. The normalized spacial score (nSPS) is 24.3. The molecule has 160 valence electrons. The van der Waals surface area contributed by atoms with Gasteiger partial charge in [0, 0.05) is 31.1 Å². The molecule has 1 amide bonds. The third-order valence-corrected chi connectivity index (χ3v) is 6.64. The van der Waals surface area contributed by atoms with Gasteiger partial charge in [0.2, 0.25) is 11.8 Å². The highest BCUT2D eigenvalue weighted by Gasteiger charge is 2.61. The first-order chi connectivity index (χ1) is 15.4. The quantitative estimate of drug-likeness (QED) is 0.790. The maximum absolute atomic E-state index is 13.7. The zero-order chi connectivity index (χ0) is 22.6. The summed E-state index contributed by atoms with van der Waals surface area (Å²) >= 11 is 0. The number of carbonyl (C=O) groups is 2. The van der Waals surface area contributed by atoms with Gasteiger partial charge < -0.3 is 20.1 Å². The number of para-hydroxylation sites is 1. The van der Waals surface area contributed by atoms with E-state index in [2.05, 4.69) is 6.07 Å². The fraction of sp³-hybridized carbons (Fsp3) is 0.240. The number of nitriles is 1. The highest BCUT2D eigenvalue weighted by atomic mass is 16.5. The van der Waals surface area contributed by atoms with Crippen LogP contribution in [-0.2, 0) is 19.7 Å². The molecule has 2 aromatic rings. The number of hydrogen-bond donors (Lipinski definition) is 1. The summed E-state index contributed by atoms with van der Waals surface area (Å²) in [6.07, 6.45) is 0.599. The average Bonchev–Trinajstić information content (AvgIpc) is 3.02. The van der Waals surface area contributed by atoms with Crippen molar-refractivity contribution in [3.63, 3.8) is 0 Å². The summed E-state index contributed by atoms with van der Waals surface area (Å²) in [5, 5.41) is 9.99. The number of ketones is 1. The summed E-state index contributed by atoms with van der Waals surface area (Å²) in [6.45, 7) is 0. The first-order valence-corrected chi connectivity index (χ1v) is 10.3. The summed E-state index contributed by atoms with van der Waals surface area (Å²) in [5.74, 6) is 0.233. The van der Waals surface area contributed by atoms with E-state index in [-0.39, 0.29) is 41.1 Å². The molecule has 32 heavy (non-hydrogen) atoms. The van der Waals surface area contributed by atoms with Crippen LogP contribution in [0, 0.1) is 11.3 Å². The molecule has 0 radical (unpaired) electrons. The molecular formula is C25H21N3O4. The zero-order valence-electron chi connectivity index (χ0n) is 17.7. The molecule has 0 fully saturated rings. The number of nitrogens with zero attached hydrogens (tertiary/aromatic N) is 2. The van der Waals surface area contributed by atoms with Gasteiger partial charge in [-0.05, 0) is 29.7 Å². The van der Waals surface area contributed by atoms with E-state index < -0.39 is 5.41 Å². The molecule has 2 aromatic carbocycles. The minimum atomic E-state index is -1.57. The summed E-state index contributed by atoms with van der Waals surface area (Å²) in [6, 6.07) is 16.8. The minimum Gasteiger partial charge on any atom is -0.497 e. The largest absolute Gasteiger partial charge is 0.497 e. The van der Waals surface area contributed by atoms with E-state index in [1.807, 2.05) is 30.3 Å². The van der Waals surface area contributed by atoms with Gasteiger partial charge in [-0.2, -0.15) is 5.26 Å². The highest BCUT2D eigenvalue weighted by molar-refractivity contribution is 6.19. The highest BCUT2D eigenvalue weighted by Crippen LogP contribution is 2.56. The van der Waals surface area contributed by atoms with Crippen LogP contribution in [0.2, 0.25) is 0 Å². The van der Waals surface area contributed by atoms with Crippen LogP contribution in [0.1, 0.15) is 29.9 Å². The van der Waals surface area contributed by atoms with Crippen LogP contribution >= 0.6 is 0 Å². The van der Waals surface area contributed by atoms with Crippen molar-refractivity contribution < 1.29 is 19.1 Å². The van der Waals surface area contributed by atoms with Crippen LogP contribution in [0.4, 0.5) is 5.69 Å². The van der Waals surface area contributed by atoms with E-state index in [9.17, 15) is 14.9 Å². The molecule has 2 N–H and O–H groups in total. The summed E-state index contributed by atoms with van der Waals surface area (Å²) in [7, 11) is 3.24. The number of fused-ring (bicyclic) bond motifs is 3. The number of rotatable bonds is 2. The molecule has 2 aliphatic heterocycles. The molecule has 0 saturated carbocycles. The standard InChI is InChI=1S/C25H21N3O4/c1-28-19-6-4-3-5-17(19)25(24(28)30)18(13-26)23(27)32-21-12-15(11-20(29)22(21)25)14-7-9-16(31-2)10-8-14/h3-10,15H,11-12,27H2,1-2H3/t15-,25+/m1/s1. The van der Waals surface area contributed by atoms with Crippen LogP contribution in [0.25, 0.3) is 0 Å². The lowest BCUT2D eigenvalue weighted by molar-refractivity contribution is -0.124. The Hall–Kier alpha value is -4.05. The number of amides is 1. The lowest BCUT2D eigenvalue weighted by atomic mass is 9.63. The molecule has 1 aliphatic carbocycles. The first kappa shape index (κ1) is 19.9. The SMILES string of the molecule is COc1ccc([C@@H]2CC(=O)C3=C(C2)OC(N)=C(C#N)[C@]32C(=O)N(C)c3ccccc32)cc1. The third-order valence-electron chi connectivity index (χ3n) is 6.64. The van der Waals surface area contributed by atoms with Gasteiger partial charge in [0.25, 0.3) is 0 Å². The van der Waals surface area contributed by atoms with E-state index in [0.717, 1.165) is 11.3 Å². The number of hydrogen-bond acceptors (Lipinski definition) is 6. The van der Waals surface area contributed by atoms with E-state index in [4.69, 9.17) is 15.2 Å². The van der Waals surface area contributed by atoms with Crippen LogP contribution < -0.4 is 15.4 Å². The van der Waals surface area contributed by atoms with Crippen molar-refractivity contribution in [3.8, 4) is 11.8 Å². The smallest absolute Gasteiger partial charge is 0.247 e. The fourth-order valence-corrected chi connectivity index (χ4v) is 5.18. The number of allylic oxidation sites excluding steroid dienone is 1. The van der Waals surface area contributed by atoms with E-state index in [1.165, 1.54) is 4.90 Å². The number of likely N-dealkylation sites (N-methyl/N-ethyl adjacent to an activating group) is 1. The van der Waals surface area contributed by atoms with Crippen molar-refractivity contribution >= 4 is 17.4 Å². The van der Waals surface area contributed by atoms with Crippen molar-refractivity contribution in [1.29, 1.82) is 5.26 Å². The van der Waals surface area contributed by atoms with E-state index >= 15 is 0 Å². The second-order valence-electron chi connectivity index (χ2n) is 8.18. The minimum absolute atomic E-state index is 0.0331. The van der Waals surface area contributed by atoms with Crippen LogP contribution in [0.15, 0.2) is 71.3 Å². The van der Waals surface area contributed by atoms with E-state index in [0.29, 0.717) is 23.4 Å². The zero-order valence-corrected chi connectivity index (χ0v) is 17.7. The van der Waals surface area contributed by atoms with Gasteiger partial charge in [-0.3, -0.25) is 9.59 Å². The second kappa shape index (κ2) is 6.99. The predicted octanol–water partition coefficient (Wildman–Crippen LogP) is 3.03. The topological polar surface area (TPSA) is 106 Å². The van der Waals surface area contributed by atoms with Gasteiger partial charge in [-0.25, -0.2) is 0 Å². The lowest BCUT2D eigenvalue weighted by Crippen LogP contribution is -2.48. The fourth-order valence-electron chi connectivity index (χ4n) is 5.18. The third kappa shape index (κ3) is 2.47.